The van der Waals surface area contributed by atoms with Crippen LogP contribution in [0.1, 0.15) is 26.7 Å². The molecule has 0 bridgehead atoms. The Morgan fingerprint density at radius 3 is 2.83 bits per heavy atom. The summed E-state index contributed by atoms with van der Waals surface area (Å²) in [5.41, 5.74) is 0.674. The largest absolute Gasteiger partial charge is 0.491 e. The van der Waals surface area contributed by atoms with Crippen LogP contribution in [0.25, 0.3) is 0 Å². The molecule has 24 heavy (non-hydrogen) atoms. The summed E-state index contributed by atoms with van der Waals surface area (Å²) < 4.78 is 28.8. The summed E-state index contributed by atoms with van der Waals surface area (Å²) in [5.74, 6) is 0.896. The van der Waals surface area contributed by atoms with Gasteiger partial charge in [-0.15, -0.1) is 0 Å². The van der Waals surface area contributed by atoms with Gasteiger partial charge in [-0.05, 0) is 38.9 Å². The van der Waals surface area contributed by atoms with Crippen molar-refractivity contribution in [2.75, 3.05) is 30.4 Å². The smallest absolute Gasteiger partial charge is 0.238 e. The number of ether oxygens (including phenoxy) is 1. The molecule has 1 fully saturated rings. The maximum atomic E-state index is 12.2. The number of anilines is 1. The number of nitrogens with zero attached hydrogens (tertiary/aromatic N) is 1. The molecular formula is C17H26N2O4S. The molecule has 0 aromatic heterocycles. The van der Waals surface area contributed by atoms with E-state index in [0.29, 0.717) is 12.1 Å². The first-order valence-corrected chi connectivity index (χ1v) is 10.1. The van der Waals surface area contributed by atoms with Gasteiger partial charge >= 0.3 is 0 Å². The zero-order valence-electron chi connectivity index (χ0n) is 14.5. The second-order valence-electron chi connectivity index (χ2n) is 6.38. The lowest BCUT2D eigenvalue weighted by molar-refractivity contribution is -0.117. The molecule has 2 rings (SSSR count). The van der Waals surface area contributed by atoms with Crippen LogP contribution in [-0.2, 0) is 14.6 Å². The van der Waals surface area contributed by atoms with Gasteiger partial charge in [0, 0.05) is 17.8 Å². The van der Waals surface area contributed by atoms with E-state index in [-0.39, 0.29) is 36.1 Å². The third-order valence-corrected chi connectivity index (χ3v) is 6.01. The van der Waals surface area contributed by atoms with Crippen LogP contribution in [-0.4, -0.2) is 56.5 Å². The Morgan fingerprint density at radius 1 is 1.46 bits per heavy atom. The Labute approximate surface area is 144 Å². The van der Waals surface area contributed by atoms with Gasteiger partial charge in [-0.1, -0.05) is 13.0 Å². The molecule has 0 radical (unpaired) electrons. The summed E-state index contributed by atoms with van der Waals surface area (Å²) in [6, 6.07) is 7.21. The summed E-state index contributed by atoms with van der Waals surface area (Å²) in [6.07, 6.45) is 1.61. The molecule has 0 saturated carbocycles. The van der Waals surface area contributed by atoms with Gasteiger partial charge in [0.15, 0.2) is 9.84 Å². The predicted molar refractivity (Wildman–Crippen MR) is 95.1 cm³/mol. The number of likely N-dealkylation sites (N-methyl/N-ethyl adjacent to an activating group) is 1. The number of nitrogens with one attached hydrogen (secondary N) is 1. The number of rotatable bonds is 7. The van der Waals surface area contributed by atoms with Crippen molar-refractivity contribution < 1.29 is 17.9 Å². The van der Waals surface area contributed by atoms with E-state index < -0.39 is 9.84 Å². The van der Waals surface area contributed by atoms with E-state index in [9.17, 15) is 13.2 Å². The minimum absolute atomic E-state index is 0.0826. The van der Waals surface area contributed by atoms with Gasteiger partial charge in [-0.2, -0.15) is 0 Å². The molecule has 1 aliphatic heterocycles. The molecule has 1 saturated heterocycles. The molecule has 0 aliphatic carbocycles. The molecule has 1 amide bonds. The van der Waals surface area contributed by atoms with E-state index in [0.717, 1.165) is 12.2 Å². The predicted octanol–water partition coefficient (Wildman–Crippen LogP) is 1.92. The van der Waals surface area contributed by atoms with E-state index in [1.807, 2.05) is 19.1 Å². The average Bonchev–Trinajstić information content (AvgIpc) is 2.87. The number of hydrogen-bond donors (Lipinski definition) is 1. The average molecular weight is 354 g/mol. The van der Waals surface area contributed by atoms with Gasteiger partial charge in [-0.3, -0.25) is 9.69 Å². The highest BCUT2D eigenvalue weighted by molar-refractivity contribution is 7.91. The molecule has 6 nitrogen and oxygen atoms in total. The van der Waals surface area contributed by atoms with E-state index in [1.54, 1.807) is 24.1 Å². The van der Waals surface area contributed by atoms with Gasteiger partial charge in [0.05, 0.1) is 24.2 Å². The van der Waals surface area contributed by atoms with E-state index in [2.05, 4.69) is 12.2 Å². The van der Waals surface area contributed by atoms with Gasteiger partial charge in [0.25, 0.3) is 0 Å². The quantitative estimate of drug-likeness (QED) is 0.810. The monoisotopic (exact) mass is 354 g/mol. The highest BCUT2D eigenvalue weighted by Gasteiger charge is 2.31. The SMILES string of the molecule is CC[C@H](C)Oc1cccc(NC(=O)CN(C)[C@@H]2CCS(=O)(=O)C2)c1. The standard InChI is InChI=1S/C17H26N2O4S/c1-4-13(2)23-16-7-5-6-14(10-16)18-17(20)11-19(3)15-8-9-24(21,22)12-15/h5-7,10,13,15H,4,8-9,11-12H2,1-3H3,(H,18,20)/t13-,15+/m0/s1. The summed E-state index contributed by atoms with van der Waals surface area (Å²) in [5, 5.41) is 2.84. The van der Waals surface area contributed by atoms with E-state index in [1.165, 1.54) is 0 Å². The zero-order valence-corrected chi connectivity index (χ0v) is 15.3. The molecule has 2 atom stereocenters. The Hall–Kier alpha value is -1.60. The number of carbonyl (C=O) groups is 1. The molecule has 1 aromatic rings. The molecule has 0 unspecified atom stereocenters. The number of carbonyl (C=O) groups excluding carboxylic acids is 1. The van der Waals surface area contributed by atoms with Crippen LogP contribution in [0.2, 0.25) is 0 Å². The Balaban J connectivity index is 1.89. The molecule has 1 N–H and O–H groups in total. The molecule has 134 valence electrons. The van der Waals surface area contributed by atoms with Crippen molar-refractivity contribution in [2.45, 2.75) is 38.8 Å². The van der Waals surface area contributed by atoms with Crippen molar-refractivity contribution >= 4 is 21.4 Å². The van der Waals surface area contributed by atoms with E-state index >= 15 is 0 Å². The number of benzene rings is 1. The van der Waals surface area contributed by atoms with Crippen molar-refractivity contribution in [3.8, 4) is 5.75 Å². The maximum Gasteiger partial charge on any atom is 0.238 e. The van der Waals surface area contributed by atoms with E-state index in [4.69, 9.17) is 4.74 Å². The minimum Gasteiger partial charge on any atom is -0.491 e. The Bertz CT molecular complexity index is 675. The van der Waals surface area contributed by atoms with Crippen LogP contribution in [0.15, 0.2) is 24.3 Å². The van der Waals surface area contributed by atoms with Crippen LogP contribution in [0, 0.1) is 0 Å². The van der Waals surface area contributed by atoms with Crippen LogP contribution in [0.5, 0.6) is 5.75 Å². The first-order valence-electron chi connectivity index (χ1n) is 8.26. The summed E-state index contributed by atoms with van der Waals surface area (Å²) >= 11 is 0. The summed E-state index contributed by atoms with van der Waals surface area (Å²) in [7, 11) is -1.16. The second kappa shape index (κ2) is 7.98. The number of sulfone groups is 1. The normalized spacial score (nSPS) is 20.8. The van der Waals surface area contributed by atoms with Crippen molar-refractivity contribution in [3.05, 3.63) is 24.3 Å². The molecule has 0 spiro atoms. The van der Waals surface area contributed by atoms with Gasteiger partial charge < -0.3 is 10.1 Å². The number of hydrogen-bond acceptors (Lipinski definition) is 5. The lowest BCUT2D eigenvalue weighted by atomic mass is 10.2. The Kier molecular flexibility index (Phi) is 6.23. The Morgan fingerprint density at radius 2 is 2.21 bits per heavy atom. The third kappa shape index (κ3) is 5.49. The maximum absolute atomic E-state index is 12.2. The lowest BCUT2D eigenvalue weighted by Gasteiger charge is -2.22. The fourth-order valence-electron chi connectivity index (χ4n) is 2.64. The zero-order chi connectivity index (χ0) is 17.7. The fraction of sp³-hybridized carbons (Fsp3) is 0.588. The van der Waals surface area contributed by atoms with Crippen LogP contribution >= 0.6 is 0 Å². The molecule has 7 heteroatoms. The topological polar surface area (TPSA) is 75.7 Å². The molecule has 1 aromatic carbocycles. The van der Waals surface area contributed by atoms with Crippen molar-refractivity contribution in [1.29, 1.82) is 0 Å². The lowest BCUT2D eigenvalue weighted by Crippen LogP contribution is -2.38. The third-order valence-electron chi connectivity index (χ3n) is 4.25. The number of amides is 1. The van der Waals surface area contributed by atoms with Gasteiger partial charge in [-0.25, -0.2) is 8.42 Å². The molecule has 1 heterocycles. The summed E-state index contributed by atoms with van der Waals surface area (Å²) in [4.78, 5) is 14.0. The first kappa shape index (κ1) is 18.7. The van der Waals surface area contributed by atoms with Crippen LogP contribution in [0.3, 0.4) is 0 Å². The van der Waals surface area contributed by atoms with Crippen molar-refractivity contribution in [2.24, 2.45) is 0 Å². The molecule has 1 aliphatic rings. The van der Waals surface area contributed by atoms with Crippen LogP contribution in [0.4, 0.5) is 5.69 Å². The first-order chi connectivity index (χ1) is 11.3. The second-order valence-corrected chi connectivity index (χ2v) is 8.61. The fourth-order valence-corrected chi connectivity index (χ4v) is 4.45. The van der Waals surface area contributed by atoms with Crippen molar-refractivity contribution in [3.63, 3.8) is 0 Å². The van der Waals surface area contributed by atoms with Crippen LogP contribution < -0.4 is 10.1 Å². The highest BCUT2D eigenvalue weighted by Crippen LogP contribution is 2.20. The molecular weight excluding hydrogens is 328 g/mol. The highest BCUT2D eigenvalue weighted by atomic mass is 32.2. The summed E-state index contributed by atoms with van der Waals surface area (Å²) in [6.45, 7) is 4.21. The van der Waals surface area contributed by atoms with Gasteiger partial charge in [0.2, 0.25) is 5.91 Å². The van der Waals surface area contributed by atoms with Crippen molar-refractivity contribution in [1.82, 2.24) is 4.90 Å². The minimum atomic E-state index is -2.94. The van der Waals surface area contributed by atoms with Gasteiger partial charge in [0.1, 0.15) is 5.75 Å².